The standard InChI is InChI=1S/C13H17N5O2S/c1-21(19,20)11-4-2-3-10(9-11)12-15-13(17-16-12)18-7-5-14-6-8-18/h2-4,9,14H,5-8H2,1H3,(H,15,16,17). The third kappa shape index (κ3) is 3.06. The van der Waals surface area contributed by atoms with Gasteiger partial charge in [0.2, 0.25) is 5.95 Å². The molecule has 2 aromatic rings. The van der Waals surface area contributed by atoms with Crippen LogP contribution >= 0.6 is 0 Å². The lowest BCUT2D eigenvalue weighted by molar-refractivity contribution is 0.580. The summed E-state index contributed by atoms with van der Waals surface area (Å²) in [6.07, 6.45) is 1.19. The molecule has 1 aliphatic heterocycles. The van der Waals surface area contributed by atoms with Crippen LogP contribution in [-0.4, -0.2) is 56.0 Å². The molecule has 3 rings (SSSR count). The van der Waals surface area contributed by atoms with Crippen LogP contribution < -0.4 is 10.2 Å². The fourth-order valence-electron chi connectivity index (χ4n) is 2.26. The molecule has 2 heterocycles. The summed E-state index contributed by atoms with van der Waals surface area (Å²) in [5.41, 5.74) is 0.715. The Hall–Kier alpha value is -1.93. The highest BCUT2D eigenvalue weighted by atomic mass is 32.2. The molecular formula is C13H17N5O2S. The van der Waals surface area contributed by atoms with Gasteiger partial charge in [0.05, 0.1) is 4.90 Å². The zero-order valence-electron chi connectivity index (χ0n) is 11.7. The molecule has 7 nitrogen and oxygen atoms in total. The Morgan fingerprint density at radius 3 is 2.71 bits per heavy atom. The van der Waals surface area contributed by atoms with Crippen molar-refractivity contribution >= 4 is 15.8 Å². The number of piperazine rings is 1. The second kappa shape index (κ2) is 5.45. The summed E-state index contributed by atoms with van der Waals surface area (Å²) in [4.78, 5) is 6.84. The number of hydrogen-bond donors (Lipinski definition) is 2. The van der Waals surface area contributed by atoms with E-state index in [9.17, 15) is 8.42 Å². The van der Waals surface area contributed by atoms with Crippen LogP contribution in [0.2, 0.25) is 0 Å². The molecule has 1 fully saturated rings. The van der Waals surface area contributed by atoms with E-state index < -0.39 is 9.84 Å². The molecule has 1 aliphatic rings. The van der Waals surface area contributed by atoms with Crippen LogP contribution in [-0.2, 0) is 9.84 Å². The van der Waals surface area contributed by atoms with Crippen molar-refractivity contribution in [2.45, 2.75) is 4.90 Å². The first-order valence-electron chi connectivity index (χ1n) is 6.72. The number of nitrogens with one attached hydrogen (secondary N) is 2. The number of anilines is 1. The molecule has 0 radical (unpaired) electrons. The lowest BCUT2D eigenvalue weighted by Crippen LogP contribution is -2.44. The Morgan fingerprint density at radius 1 is 1.24 bits per heavy atom. The molecule has 21 heavy (non-hydrogen) atoms. The number of benzene rings is 1. The van der Waals surface area contributed by atoms with Crippen molar-refractivity contribution in [2.24, 2.45) is 0 Å². The third-order valence-electron chi connectivity index (χ3n) is 3.41. The van der Waals surface area contributed by atoms with Crippen molar-refractivity contribution in [3.05, 3.63) is 24.3 Å². The van der Waals surface area contributed by atoms with Gasteiger partial charge in [0.15, 0.2) is 15.7 Å². The topological polar surface area (TPSA) is 91.0 Å². The molecule has 0 saturated carbocycles. The number of hydrogen-bond acceptors (Lipinski definition) is 6. The Bertz CT molecular complexity index is 735. The van der Waals surface area contributed by atoms with Crippen LogP contribution in [0.1, 0.15) is 0 Å². The summed E-state index contributed by atoms with van der Waals surface area (Å²) in [5.74, 6) is 1.23. The van der Waals surface area contributed by atoms with Gasteiger partial charge in [0.1, 0.15) is 0 Å². The normalized spacial score (nSPS) is 16.1. The monoisotopic (exact) mass is 307 g/mol. The summed E-state index contributed by atoms with van der Waals surface area (Å²) in [7, 11) is -3.23. The SMILES string of the molecule is CS(=O)(=O)c1cccc(-c2nc(N3CCNCC3)n[nH]2)c1. The number of sulfone groups is 1. The van der Waals surface area contributed by atoms with Gasteiger partial charge in [0.25, 0.3) is 0 Å². The van der Waals surface area contributed by atoms with Gasteiger partial charge in [0, 0.05) is 38.0 Å². The largest absolute Gasteiger partial charge is 0.337 e. The Labute approximate surface area is 123 Å². The minimum Gasteiger partial charge on any atom is -0.337 e. The zero-order chi connectivity index (χ0) is 14.9. The maximum atomic E-state index is 11.6. The van der Waals surface area contributed by atoms with Crippen LogP contribution in [0, 0.1) is 0 Å². The molecule has 2 N–H and O–H groups in total. The van der Waals surface area contributed by atoms with Gasteiger partial charge < -0.3 is 10.2 Å². The molecule has 0 aliphatic carbocycles. The second-order valence-electron chi connectivity index (χ2n) is 5.02. The van der Waals surface area contributed by atoms with Gasteiger partial charge in [-0.05, 0) is 12.1 Å². The fraction of sp³-hybridized carbons (Fsp3) is 0.385. The summed E-state index contributed by atoms with van der Waals surface area (Å²) in [6.45, 7) is 3.54. The first kappa shape index (κ1) is 14.0. The number of H-pyrrole nitrogens is 1. The van der Waals surface area contributed by atoms with E-state index in [-0.39, 0.29) is 4.90 Å². The van der Waals surface area contributed by atoms with Crippen molar-refractivity contribution in [1.29, 1.82) is 0 Å². The van der Waals surface area contributed by atoms with Crippen molar-refractivity contribution in [2.75, 3.05) is 37.3 Å². The Balaban J connectivity index is 1.89. The van der Waals surface area contributed by atoms with E-state index in [1.807, 2.05) is 6.07 Å². The summed E-state index contributed by atoms with van der Waals surface area (Å²) >= 11 is 0. The zero-order valence-corrected chi connectivity index (χ0v) is 12.5. The molecule has 1 aromatic heterocycles. The predicted molar refractivity (Wildman–Crippen MR) is 80.0 cm³/mol. The van der Waals surface area contributed by atoms with Gasteiger partial charge in [-0.25, -0.2) is 8.42 Å². The van der Waals surface area contributed by atoms with Crippen LogP contribution in [0.4, 0.5) is 5.95 Å². The van der Waals surface area contributed by atoms with Gasteiger partial charge in [-0.15, -0.1) is 5.10 Å². The number of nitrogens with zero attached hydrogens (tertiary/aromatic N) is 3. The van der Waals surface area contributed by atoms with E-state index in [1.54, 1.807) is 18.2 Å². The Kier molecular flexibility index (Phi) is 3.64. The average molecular weight is 307 g/mol. The van der Waals surface area contributed by atoms with Crippen molar-refractivity contribution < 1.29 is 8.42 Å². The lowest BCUT2D eigenvalue weighted by atomic mass is 10.2. The van der Waals surface area contributed by atoms with E-state index in [0.717, 1.165) is 26.2 Å². The van der Waals surface area contributed by atoms with Crippen molar-refractivity contribution in [3.63, 3.8) is 0 Å². The van der Waals surface area contributed by atoms with E-state index in [1.165, 1.54) is 6.26 Å². The van der Waals surface area contributed by atoms with Gasteiger partial charge in [-0.1, -0.05) is 12.1 Å². The average Bonchev–Trinajstić information content (AvgIpc) is 2.97. The molecule has 0 amide bonds. The number of rotatable bonds is 3. The first-order chi connectivity index (χ1) is 10.0. The minimum absolute atomic E-state index is 0.278. The fourth-order valence-corrected chi connectivity index (χ4v) is 2.93. The van der Waals surface area contributed by atoms with Crippen LogP contribution in [0.5, 0.6) is 0 Å². The van der Waals surface area contributed by atoms with Crippen LogP contribution in [0.25, 0.3) is 11.4 Å². The smallest absolute Gasteiger partial charge is 0.245 e. The first-order valence-corrected chi connectivity index (χ1v) is 8.62. The van der Waals surface area contributed by atoms with Gasteiger partial charge in [-0.2, -0.15) is 4.98 Å². The third-order valence-corrected chi connectivity index (χ3v) is 4.52. The lowest BCUT2D eigenvalue weighted by Gasteiger charge is -2.25. The van der Waals surface area contributed by atoms with Crippen molar-refractivity contribution in [1.82, 2.24) is 20.5 Å². The van der Waals surface area contributed by atoms with E-state index in [0.29, 0.717) is 17.3 Å². The molecule has 0 atom stereocenters. The number of aromatic nitrogens is 3. The highest BCUT2D eigenvalue weighted by Gasteiger charge is 2.16. The van der Waals surface area contributed by atoms with Gasteiger partial charge in [-0.3, -0.25) is 5.10 Å². The van der Waals surface area contributed by atoms with Crippen molar-refractivity contribution in [3.8, 4) is 11.4 Å². The van der Waals surface area contributed by atoms with E-state index >= 15 is 0 Å². The molecule has 0 spiro atoms. The molecular weight excluding hydrogens is 290 g/mol. The maximum absolute atomic E-state index is 11.6. The summed E-state index contributed by atoms with van der Waals surface area (Å²) in [5, 5.41) is 10.4. The van der Waals surface area contributed by atoms with Gasteiger partial charge >= 0.3 is 0 Å². The molecule has 0 unspecified atom stereocenters. The predicted octanol–water partition coefficient (Wildman–Crippen LogP) is 0.285. The maximum Gasteiger partial charge on any atom is 0.245 e. The van der Waals surface area contributed by atoms with Crippen LogP contribution in [0.3, 0.4) is 0 Å². The summed E-state index contributed by atoms with van der Waals surface area (Å²) < 4.78 is 23.2. The highest BCUT2D eigenvalue weighted by molar-refractivity contribution is 7.90. The molecule has 1 aromatic carbocycles. The molecule has 112 valence electrons. The quantitative estimate of drug-likeness (QED) is 0.846. The second-order valence-corrected chi connectivity index (χ2v) is 7.04. The Morgan fingerprint density at radius 2 is 2.00 bits per heavy atom. The number of aromatic amines is 1. The summed E-state index contributed by atoms with van der Waals surface area (Å²) in [6, 6.07) is 6.71. The molecule has 1 saturated heterocycles. The van der Waals surface area contributed by atoms with E-state index in [4.69, 9.17) is 0 Å². The van der Waals surface area contributed by atoms with Crippen LogP contribution in [0.15, 0.2) is 29.2 Å². The highest BCUT2D eigenvalue weighted by Crippen LogP contribution is 2.21. The molecule has 0 bridgehead atoms. The minimum atomic E-state index is -3.23. The molecule has 8 heteroatoms. The van der Waals surface area contributed by atoms with E-state index in [2.05, 4.69) is 25.4 Å².